The van der Waals surface area contributed by atoms with Crippen molar-refractivity contribution in [2.75, 3.05) is 0 Å². The molecule has 1 aromatic heterocycles. The first-order chi connectivity index (χ1) is 11.7. The number of H-pyrrole nitrogens is 1. The fourth-order valence-corrected chi connectivity index (χ4v) is 3.68. The van der Waals surface area contributed by atoms with Crippen molar-refractivity contribution in [1.29, 1.82) is 0 Å². The molecule has 0 saturated heterocycles. The number of aromatic nitrogens is 1. The van der Waals surface area contributed by atoms with E-state index in [4.69, 9.17) is 0 Å². The Morgan fingerprint density at radius 2 is 1.76 bits per heavy atom. The largest absolute Gasteiger partial charge is 0.431 e. The Balaban J connectivity index is 1.77. The normalized spacial score (nSPS) is 24.9. The van der Waals surface area contributed by atoms with E-state index in [2.05, 4.69) is 24.1 Å². The third kappa shape index (κ3) is 4.17. The van der Waals surface area contributed by atoms with Crippen molar-refractivity contribution >= 4 is 16.8 Å². The number of hydrogen-bond acceptors (Lipinski definition) is 1. The number of nitrogens with one attached hydrogen (secondary N) is 2. The Morgan fingerprint density at radius 1 is 1.12 bits per heavy atom. The highest BCUT2D eigenvalue weighted by Gasteiger charge is 2.32. The summed E-state index contributed by atoms with van der Waals surface area (Å²) in [6.07, 6.45) is -0.198. The molecule has 1 aliphatic carbocycles. The Morgan fingerprint density at radius 3 is 2.36 bits per heavy atom. The van der Waals surface area contributed by atoms with E-state index in [1.54, 1.807) is 12.1 Å². The number of rotatable bonds is 2. The number of hydrogen-bond donors (Lipinski definition) is 2. The minimum atomic E-state index is -4.42. The van der Waals surface area contributed by atoms with Crippen molar-refractivity contribution in [2.24, 2.45) is 11.8 Å². The maximum Gasteiger partial charge on any atom is 0.431 e. The SMILES string of the molecule is C[C@@H]1CC[C@H](C)C[C@H](NC(=O)c2ccc3cc(C(F)(F)F)[nH]c3c2)C1. The van der Waals surface area contributed by atoms with Crippen LogP contribution in [-0.4, -0.2) is 16.9 Å². The number of aromatic amines is 1. The van der Waals surface area contributed by atoms with E-state index < -0.39 is 11.9 Å². The zero-order valence-corrected chi connectivity index (χ0v) is 14.4. The van der Waals surface area contributed by atoms with Crippen LogP contribution in [-0.2, 0) is 6.18 Å². The Kier molecular flexibility index (Phi) is 4.80. The first-order valence-corrected chi connectivity index (χ1v) is 8.73. The van der Waals surface area contributed by atoms with E-state index in [1.807, 2.05) is 0 Å². The van der Waals surface area contributed by atoms with E-state index in [9.17, 15) is 18.0 Å². The summed E-state index contributed by atoms with van der Waals surface area (Å²) in [5, 5.41) is 3.51. The first-order valence-electron chi connectivity index (χ1n) is 8.73. The second kappa shape index (κ2) is 6.73. The maximum absolute atomic E-state index is 12.8. The van der Waals surface area contributed by atoms with Gasteiger partial charge in [0, 0.05) is 22.5 Å². The number of amides is 1. The van der Waals surface area contributed by atoms with Crippen LogP contribution in [0.5, 0.6) is 0 Å². The average molecular weight is 352 g/mol. The standard InChI is InChI=1S/C19H23F3N2O/c1-11-3-4-12(2)8-15(7-11)23-18(25)14-6-5-13-10-17(19(20,21)22)24-16(13)9-14/h5-6,9-12,15,24H,3-4,7-8H2,1-2H3,(H,23,25)/t11-,12+,15-. The van der Waals surface area contributed by atoms with Crippen molar-refractivity contribution in [3.63, 3.8) is 0 Å². The molecule has 6 heteroatoms. The lowest BCUT2D eigenvalue weighted by molar-refractivity contribution is -0.140. The molecule has 0 radical (unpaired) electrons. The van der Waals surface area contributed by atoms with E-state index in [-0.39, 0.29) is 11.9 Å². The van der Waals surface area contributed by atoms with Crippen LogP contribution in [0.2, 0.25) is 0 Å². The molecule has 2 N–H and O–H groups in total. The molecule has 0 spiro atoms. The monoisotopic (exact) mass is 352 g/mol. The average Bonchev–Trinajstić information content (AvgIpc) is 2.89. The molecular formula is C19H23F3N2O. The van der Waals surface area contributed by atoms with Crippen molar-refractivity contribution in [1.82, 2.24) is 10.3 Å². The van der Waals surface area contributed by atoms with Crippen LogP contribution < -0.4 is 5.32 Å². The van der Waals surface area contributed by atoms with Gasteiger partial charge in [0.2, 0.25) is 0 Å². The maximum atomic E-state index is 12.8. The fraction of sp³-hybridized carbons (Fsp3) is 0.526. The zero-order valence-electron chi connectivity index (χ0n) is 14.4. The summed E-state index contributed by atoms with van der Waals surface area (Å²) in [6.45, 7) is 4.39. The number of benzene rings is 1. The lowest BCUT2D eigenvalue weighted by atomic mass is 9.99. The second-order valence-corrected chi connectivity index (χ2v) is 7.41. The van der Waals surface area contributed by atoms with Crippen LogP contribution in [0.4, 0.5) is 13.2 Å². The number of carbonyl (C=O) groups is 1. The van der Waals surface area contributed by atoms with Gasteiger partial charge in [-0.15, -0.1) is 0 Å². The third-order valence-corrected chi connectivity index (χ3v) is 5.05. The number of fused-ring (bicyclic) bond motifs is 1. The van der Waals surface area contributed by atoms with Crippen LogP contribution >= 0.6 is 0 Å². The Hall–Kier alpha value is -1.98. The fourth-order valence-electron chi connectivity index (χ4n) is 3.68. The molecule has 0 unspecified atom stereocenters. The van der Waals surface area contributed by atoms with E-state index in [0.29, 0.717) is 28.3 Å². The lowest BCUT2D eigenvalue weighted by Gasteiger charge is -2.20. The molecule has 3 atom stereocenters. The van der Waals surface area contributed by atoms with Gasteiger partial charge in [0.15, 0.2) is 0 Å². The molecule has 2 aromatic rings. The molecule has 1 fully saturated rings. The van der Waals surface area contributed by atoms with Crippen LogP contribution in [0.25, 0.3) is 10.9 Å². The highest BCUT2D eigenvalue weighted by molar-refractivity contribution is 5.98. The summed E-state index contributed by atoms with van der Waals surface area (Å²) in [4.78, 5) is 14.9. The zero-order chi connectivity index (χ0) is 18.2. The van der Waals surface area contributed by atoms with Gasteiger partial charge in [-0.25, -0.2) is 0 Å². The van der Waals surface area contributed by atoms with Gasteiger partial charge in [-0.3, -0.25) is 4.79 Å². The van der Waals surface area contributed by atoms with Crippen LogP contribution in [0, 0.1) is 11.8 Å². The molecular weight excluding hydrogens is 329 g/mol. The summed E-state index contributed by atoms with van der Waals surface area (Å²) in [6, 6.07) is 5.80. The quantitative estimate of drug-likeness (QED) is 0.723. The van der Waals surface area contributed by atoms with Gasteiger partial charge in [-0.05, 0) is 42.9 Å². The Bertz CT molecular complexity index is 754. The van der Waals surface area contributed by atoms with E-state index >= 15 is 0 Å². The van der Waals surface area contributed by atoms with Crippen molar-refractivity contribution in [2.45, 2.75) is 51.7 Å². The number of halogens is 3. The van der Waals surface area contributed by atoms with E-state index in [0.717, 1.165) is 18.9 Å². The van der Waals surface area contributed by atoms with Crippen molar-refractivity contribution in [3.05, 3.63) is 35.5 Å². The summed E-state index contributed by atoms with van der Waals surface area (Å²) in [5.74, 6) is 0.905. The lowest BCUT2D eigenvalue weighted by Crippen LogP contribution is -2.36. The van der Waals surface area contributed by atoms with Crippen molar-refractivity contribution < 1.29 is 18.0 Å². The molecule has 3 rings (SSSR count). The molecule has 0 aliphatic heterocycles. The summed E-state index contributed by atoms with van der Waals surface area (Å²) >= 11 is 0. The molecule has 3 nitrogen and oxygen atoms in total. The topological polar surface area (TPSA) is 44.9 Å². The van der Waals surface area contributed by atoms with Gasteiger partial charge in [0.1, 0.15) is 5.69 Å². The van der Waals surface area contributed by atoms with Gasteiger partial charge in [-0.1, -0.05) is 32.8 Å². The Labute approximate surface area is 145 Å². The van der Waals surface area contributed by atoms with Crippen LogP contribution in [0.3, 0.4) is 0 Å². The molecule has 136 valence electrons. The number of alkyl halides is 3. The van der Waals surface area contributed by atoms with Gasteiger partial charge in [0.25, 0.3) is 5.91 Å². The molecule has 0 bridgehead atoms. The van der Waals surface area contributed by atoms with Gasteiger partial charge >= 0.3 is 6.18 Å². The molecule has 1 amide bonds. The van der Waals surface area contributed by atoms with Gasteiger partial charge in [-0.2, -0.15) is 13.2 Å². The highest BCUT2D eigenvalue weighted by atomic mass is 19.4. The minimum Gasteiger partial charge on any atom is -0.351 e. The van der Waals surface area contributed by atoms with Gasteiger partial charge < -0.3 is 10.3 Å². The molecule has 1 heterocycles. The van der Waals surface area contributed by atoms with Crippen LogP contribution in [0.15, 0.2) is 24.3 Å². The summed E-state index contributed by atoms with van der Waals surface area (Å²) < 4.78 is 38.4. The predicted molar refractivity (Wildman–Crippen MR) is 91.4 cm³/mol. The molecule has 1 aromatic carbocycles. The molecule has 25 heavy (non-hydrogen) atoms. The summed E-state index contributed by atoms with van der Waals surface area (Å²) in [5.41, 5.74) is -0.0957. The molecule has 1 aliphatic rings. The molecule has 1 saturated carbocycles. The predicted octanol–water partition coefficient (Wildman–Crippen LogP) is 5.13. The summed E-state index contributed by atoms with van der Waals surface area (Å²) in [7, 11) is 0. The van der Waals surface area contributed by atoms with Crippen LogP contribution in [0.1, 0.15) is 55.6 Å². The smallest absolute Gasteiger partial charge is 0.351 e. The number of carbonyl (C=O) groups excluding carboxylic acids is 1. The third-order valence-electron chi connectivity index (χ3n) is 5.05. The van der Waals surface area contributed by atoms with Gasteiger partial charge in [0.05, 0.1) is 0 Å². The second-order valence-electron chi connectivity index (χ2n) is 7.41. The van der Waals surface area contributed by atoms with E-state index in [1.165, 1.54) is 18.9 Å². The van der Waals surface area contributed by atoms with Crippen molar-refractivity contribution in [3.8, 4) is 0 Å². The first kappa shape index (κ1) is 17.8. The minimum absolute atomic E-state index is 0.116. The highest BCUT2D eigenvalue weighted by Crippen LogP contribution is 2.31.